The summed E-state index contributed by atoms with van der Waals surface area (Å²) in [5.41, 5.74) is 2.51. The van der Waals surface area contributed by atoms with Gasteiger partial charge in [0, 0.05) is 63.9 Å². The number of hydrogen-bond acceptors (Lipinski definition) is 4. The summed E-state index contributed by atoms with van der Waals surface area (Å²) >= 11 is 0. The molecule has 1 amide bonds. The second kappa shape index (κ2) is 7.84. The Morgan fingerprint density at radius 2 is 2.28 bits per heavy atom. The van der Waals surface area contributed by atoms with Crippen molar-refractivity contribution in [1.29, 1.82) is 0 Å². The summed E-state index contributed by atoms with van der Waals surface area (Å²) in [6, 6.07) is 4.45. The maximum atomic E-state index is 11.7. The van der Waals surface area contributed by atoms with Crippen molar-refractivity contribution in [2.45, 2.75) is 32.6 Å². The Morgan fingerprint density at radius 3 is 3.00 bits per heavy atom. The molecule has 0 fully saturated rings. The molecule has 0 radical (unpaired) electrons. The molecule has 1 aliphatic rings. The third-order valence-corrected chi connectivity index (χ3v) is 4.57. The van der Waals surface area contributed by atoms with Gasteiger partial charge in [-0.2, -0.15) is 5.10 Å². The first-order valence-corrected chi connectivity index (χ1v) is 8.74. The number of nitrogens with zero attached hydrogens (tertiary/aromatic N) is 5. The summed E-state index contributed by atoms with van der Waals surface area (Å²) in [6.07, 6.45) is 6.15. The van der Waals surface area contributed by atoms with Gasteiger partial charge in [0.25, 0.3) is 0 Å². The number of carbonyl (C=O) groups excluding carboxylic acids is 1. The minimum Gasteiger partial charge on any atom is -0.369 e. The highest BCUT2D eigenvalue weighted by Crippen LogP contribution is 2.23. The molecule has 0 aromatic carbocycles. The number of amides is 1. The van der Waals surface area contributed by atoms with Crippen LogP contribution < -0.4 is 0 Å². The van der Waals surface area contributed by atoms with Gasteiger partial charge in [-0.3, -0.25) is 14.4 Å². The lowest BCUT2D eigenvalue weighted by Crippen LogP contribution is -2.39. The summed E-state index contributed by atoms with van der Waals surface area (Å²) in [4.78, 5) is 15.7. The van der Waals surface area contributed by atoms with E-state index in [4.69, 9.17) is 4.74 Å². The fourth-order valence-corrected chi connectivity index (χ4v) is 3.18. The Morgan fingerprint density at radius 1 is 1.44 bits per heavy atom. The first-order valence-electron chi connectivity index (χ1n) is 8.74. The minimum absolute atomic E-state index is 0.00706. The van der Waals surface area contributed by atoms with Crippen LogP contribution in [0.3, 0.4) is 0 Å². The number of aryl methyl sites for hydroxylation is 1. The quantitative estimate of drug-likeness (QED) is 0.760. The zero-order valence-corrected chi connectivity index (χ0v) is 15.3. The van der Waals surface area contributed by atoms with E-state index < -0.39 is 0 Å². The Bertz CT molecular complexity index is 706. The predicted octanol–water partition coefficient (Wildman–Crippen LogP) is 1.37. The molecule has 3 rings (SSSR count). The van der Waals surface area contributed by atoms with E-state index in [9.17, 15) is 4.79 Å². The van der Waals surface area contributed by atoms with E-state index in [1.165, 1.54) is 11.3 Å². The zero-order chi connectivity index (χ0) is 17.8. The van der Waals surface area contributed by atoms with Gasteiger partial charge in [0.15, 0.2) is 0 Å². The number of ether oxygens (including phenoxy) is 1. The Hall–Kier alpha value is -2.12. The van der Waals surface area contributed by atoms with E-state index >= 15 is 0 Å². The molecule has 0 spiro atoms. The number of fused-ring (bicyclic) bond motifs is 1. The van der Waals surface area contributed by atoms with Crippen molar-refractivity contribution in [1.82, 2.24) is 24.1 Å². The lowest BCUT2D eigenvalue weighted by molar-refractivity contribution is -0.134. The third kappa shape index (κ3) is 4.29. The van der Waals surface area contributed by atoms with E-state index in [0.717, 1.165) is 26.2 Å². The van der Waals surface area contributed by atoms with Crippen LogP contribution in [0, 0.1) is 0 Å². The molecule has 7 nitrogen and oxygen atoms in total. The molecule has 136 valence electrons. The molecular formula is C18H27N5O2. The van der Waals surface area contributed by atoms with Crippen LogP contribution in [0.1, 0.15) is 24.2 Å². The lowest BCUT2D eigenvalue weighted by Gasteiger charge is -2.34. The van der Waals surface area contributed by atoms with Gasteiger partial charge < -0.3 is 14.2 Å². The highest BCUT2D eigenvalue weighted by atomic mass is 16.5. The van der Waals surface area contributed by atoms with Gasteiger partial charge in [-0.15, -0.1) is 0 Å². The average molecular weight is 345 g/mol. The standard InChI is InChI=1S/C18H27N5O2/c1-4-22-10-15(8-19-22)9-21-11-16-6-5-7-23(16)17(12-21)13-25-14-18(24)20(2)3/h5-8,10,17H,4,9,11-14H2,1-3H3. The molecule has 0 N–H and O–H groups in total. The van der Waals surface area contributed by atoms with E-state index in [1.807, 2.05) is 10.9 Å². The van der Waals surface area contributed by atoms with Crippen LogP contribution >= 0.6 is 0 Å². The summed E-state index contributed by atoms with van der Waals surface area (Å²) in [7, 11) is 3.49. The van der Waals surface area contributed by atoms with Crippen molar-refractivity contribution in [2.24, 2.45) is 0 Å². The van der Waals surface area contributed by atoms with Gasteiger partial charge in [-0.05, 0) is 19.1 Å². The highest BCUT2D eigenvalue weighted by molar-refractivity contribution is 5.76. The number of aromatic nitrogens is 3. The maximum Gasteiger partial charge on any atom is 0.248 e. The van der Waals surface area contributed by atoms with Gasteiger partial charge in [0.2, 0.25) is 5.91 Å². The first kappa shape index (κ1) is 17.7. The van der Waals surface area contributed by atoms with Gasteiger partial charge in [-0.25, -0.2) is 0 Å². The molecular weight excluding hydrogens is 318 g/mol. The fraction of sp³-hybridized carbons (Fsp3) is 0.556. The average Bonchev–Trinajstić information content (AvgIpc) is 3.23. The van der Waals surface area contributed by atoms with Crippen LogP contribution in [0.2, 0.25) is 0 Å². The van der Waals surface area contributed by atoms with E-state index in [1.54, 1.807) is 19.0 Å². The SMILES string of the molecule is CCn1cc(CN2Cc3cccn3C(COCC(=O)N(C)C)C2)cn1. The zero-order valence-electron chi connectivity index (χ0n) is 15.3. The molecule has 3 heterocycles. The normalized spacial score (nSPS) is 17.5. The summed E-state index contributed by atoms with van der Waals surface area (Å²) in [5.74, 6) is -0.00706. The van der Waals surface area contributed by atoms with Crippen LogP contribution in [-0.2, 0) is 29.2 Å². The molecule has 0 saturated heterocycles. The molecule has 7 heteroatoms. The lowest BCUT2D eigenvalue weighted by atomic mass is 10.1. The summed E-state index contributed by atoms with van der Waals surface area (Å²) in [6.45, 7) is 6.33. The largest absolute Gasteiger partial charge is 0.369 e. The molecule has 2 aromatic rings. The van der Waals surface area contributed by atoms with Crippen molar-refractivity contribution in [2.75, 3.05) is 33.9 Å². The topological polar surface area (TPSA) is 55.5 Å². The number of carbonyl (C=O) groups is 1. The van der Waals surface area contributed by atoms with Gasteiger partial charge in [0.1, 0.15) is 6.61 Å². The Kier molecular flexibility index (Phi) is 5.55. The maximum absolute atomic E-state index is 11.7. The molecule has 1 atom stereocenters. The van der Waals surface area contributed by atoms with Crippen LogP contribution in [0.15, 0.2) is 30.7 Å². The fourth-order valence-electron chi connectivity index (χ4n) is 3.18. The van der Waals surface area contributed by atoms with Crippen molar-refractivity contribution in [3.05, 3.63) is 42.0 Å². The second-order valence-electron chi connectivity index (χ2n) is 6.74. The molecule has 25 heavy (non-hydrogen) atoms. The molecule has 2 aromatic heterocycles. The molecule has 0 saturated carbocycles. The van der Waals surface area contributed by atoms with Crippen molar-refractivity contribution >= 4 is 5.91 Å². The van der Waals surface area contributed by atoms with Crippen molar-refractivity contribution in [3.63, 3.8) is 0 Å². The van der Waals surface area contributed by atoms with Gasteiger partial charge >= 0.3 is 0 Å². The molecule has 1 aliphatic heterocycles. The highest BCUT2D eigenvalue weighted by Gasteiger charge is 2.25. The summed E-state index contributed by atoms with van der Waals surface area (Å²) in [5, 5.41) is 4.36. The van der Waals surface area contributed by atoms with E-state index in [2.05, 4.69) is 46.0 Å². The third-order valence-electron chi connectivity index (χ3n) is 4.57. The van der Waals surface area contributed by atoms with E-state index in [0.29, 0.717) is 6.61 Å². The molecule has 0 bridgehead atoms. The number of rotatable bonds is 7. The van der Waals surface area contributed by atoms with Crippen LogP contribution in [0.4, 0.5) is 0 Å². The number of likely N-dealkylation sites (N-methyl/N-ethyl adjacent to an activating group) is 1. The van der Waals surface area contributed by atoms with Crippen molar-refractivity contribution < 1.29 is 9.53 Å². The summed E-state index contributed by atoms with van der Waals surface area (Å²) < 4.78 is 9.91. The predicted molar refractivity (Wildman–Crippen MR) is 95.0 cm³/mol. The van der Waals surface area contributed by atoms with Crippen molar-refractivity contribution in [3.8, 4) is 0 Å². The molecule has 1 unspecified atom stereocenters. The minimum atomic E-state index is -0.00706. The van der Waals surface area contributed by atoms with Gasteiger partial charge in [0.05, 0.1) is 18.8 Å². The second-order valence-corrected chi connectivity index (χ2v) is 6.74. The number of hydrogen-bond donors (Lipinski definition) is 0. The van der Waals surface area contributed by atoms with Crippen LogP contribution in [0.25, 0.3) is 0 Å². The Balaban J connectivity index is 1.61. The first-order chi connectivity index (χ1) is 12.1. The van der Waals surface area contributed by atoms with Crippen LogP contribution in [0.5, 0.6) is 0 Å². The van der Waals surface area contributed by atoms with Crippen LogP contribution in [-0.4, -0.2) is 63.9 Å². The Labute approximate surface area is 148 Å². The van der Waals surface area contributed by atoms with Gasteiger partial charge in [-0.1, -0.05) is 0 Å². The smallest absolute Gasteiger partial charge is 0.248 e. The molecule has 0 aliphatic carbocycles. The van der Waals surface area contributed by atoms with E-state index in [-0.39, 0.29) is 18.6 Å². The monoisotopic (exact) mass is 345 g/mol.